The normalized spacial score (nSPS) is 10.3. The molecule has 2 aromatic rings. The van der Waals surface area contributed by atoms with Crippen molar-refractivity contribution in [1.29, 1.82) is 0 Å². The molecule has 0 atom stereocenters. The van der Waals surface area contributed by atoms with Gasteiger partial charge in [-0.25, -0.2) is 15.0 Å². The third-order valence-electron chi connectivity index (χ3n) is 2.54. The Labute approximate surface area is 133 Å². The fourth-order valence-corrected chi connectivity index (χ4v) is 2.29. The van der Waals surface area contributed by atoms with Crippen molar-refractivity contribution < 1.29 is 14.3 Å². The zero-order valence-corrected chi connectivity index (χ0v) is 13.3. The van der Waals surface area contributed by atoms with Gasteiger partial charge in [0.2, 0.25) is 5.88 Å². The highest BCUT2D eigenvalue weighted by Gasteiger charge is 2.08. The number of nitrogens with zero attached hydrogens (tertiary/aromatic N) is 3. The van der Waals surface area contributed by atoms with E-state index in [0.717, 1.165) is 0 Å². The molecular weight excluding hydrogens is 302 g/mol. The highest BCUT2D eigenvalue weighted by Crippen LogP contribution is 2.20. The summed E-state index contributed by atoms with van der Waals surface area (Å²) in [6, 6.07) is 7.28. The number of thioether (sulfide) groups is 1. The quantitative estimate of drug-likeness (QED) is 0.441. The van der Waals surface area contributed by atoms with Gasteiger partial charge in [-0.05, 0) is 26.0 Å². The van der Waals surface area contributed by atoms with Gasteiger partial charge in [0.05, 0.1) is 30.4 Å². The maximum absolute atomic E-state index is 11.4. The van der Waals surface area contributed by atoms with E-state index in [2.05, 4.69) is 15.0 Å². The summed E-state index contributed by atoms with van der Waals surface area (Å²) in [5.74, 6) is 0.460. The van der Waals surface area contributed by atoms with Gasteiger partial charge in [0, 0.05) is 12.3 Å². The summed E-state index contributed by atoms with van der Waals surface area (Å²) in [6.45, 7) is 4.61. The first-order chi connectivity index (χ1) is 10.7. The van der Waals surface area contributed by atoms with Gasteiger partial charge in [-0.15, -0.1) is 0 Å². The first-order valence-electron chi connectivity index (χ1n) is 6.94. The van der Waals surface area contributed by atoms with Crippen LogP contribution in [0.4, 0.5) is 0 Å². The minimum Gasteiger partial charge on any atom is -0.478 e. The Balaban J connectivity index is 2.10. The lowest BCUT2D eigenvalue weighted by Gasteiger charge is -2.06. The molecule has 0 aliphatic carbocycles. The summed E-state index contributed by atoms with van der Waals surface area (Å²) in [7, 11) is 0. The molecule has 0 saturated carbocycles. The number of hydrogen-bond donors (Lipinski definition) is 0. The van der Waals surface area contributed by atoms with Gasteiger partial charge in [-0.3, -0.25) is 4.79 Å². The maximum Gasteiger partial charge on any atom is 0.316 e. The molecule has 2 aromatic heterocycles. The zero-order valence-electron chi connectivity index (χ0n) is 12.5. The van der Waals surface area contributed by atoms with E-state index in [0.29, 0.717) is 35.6 Å². The van der Waals surface area contributed by atoms with Crippen LogP contribution in [0.2, 0.25) is 0 Å². The molecule has 2 rings (SSSR count). The molecule has 0 N–H and O–H groups in total. The lowest BCUT2D eigenvalue weighted by Crippen LogP contribution is -2.07. The highest BCUT2D eigenvalue weighted by molar-refractivity contribution is 7.99. The van der Waals surface area contributed by atoms with Crippen LogP contribution < -0.4 is 4.74 Å². The van der Waals surface area contributed by atoms with Crippen LogP contribution in [0.5, 0.6) is 5.88 Å². The smallest absolute Gasteiger partial charge is 0.316 e. The van der Waals surface area contributed by atoms with Crippen LogP contribution >= 0.6 is 11.8 Å². The van der Waals surface area contributed by atoms with Gasteiger partial charge >= 0.3 is 5.97 Å². The van der Waals surface area contributed by atoms with E-state index in [9.17, 15) is 4.79 Å². The number of carbonyl (C=O) groups is 1. The van der Waals surface area contributed by atoms with Gasteiger partial charge in [-0.2, -0.15) is 0 Å². The van der Waals surface area contributed by atoms with E-state index in [1.165, 1.54) is 11.8 Å². The highest BCUT2D eigenvalue weighted by atomic mass is 32.2. The number of aromatic nitrogens is 3. The SMILES string of the molecule is CCOC(=O)CSc1nccc(-c2cccc(OCC)n2)n1. The number of pyridine rings is 1. The molecular formula is C15H17N3O3S. The van der Waals surface area contributed by atoms with Crippen molar-refractivity contribution in [2.75, 3.05) is 19.0 Å². The Morgan fingerprint density at radius 2 is 1.95 bits per heavy atom. The zero-order chi connectivity index (χ0) is 15.8. The molecule has 6 nitrogen and oxygen atoms in total. The summed E-state index contributed by atoms with van der Waals surface area (Å²) in [6.07, 6.45) is 1.64. The van der Waals surface area contributed by atoms with Crippen molar-refractivity contribution >= 4 is 17.7 Å². The molecule has 0 bridgehead atoms. The van der Waals surface area contributed by atoms with Crippen molar-refractivity contribution in [2.45, 2.75) is 19.0 Å². The van der Waals surface area contributed by atoms with E-state index in [4.69, 9.17) is 9.47 Å². The lowest BCUT2D eigenvalue weighted by molar-refractivity contribution is -0.139. The number of ether oxygens (including phenoxy) is 2. The molecule has 22 heavy (non-hydrogen) atoms. The van der Waals surface area contributed by atoms with Gasteiger partial charge in [0.25, 0.3) is 0 Å². The van der Waals surface area contributed by atoms with E-state index < -0.39 is 0 Å². The number of hydrogen-bond acceptors (Lipinski definition) is 7. The summed E-state index contributed by atoms with van der Waals surface area (Å²) >= 11 is 1.24. The van der Waals surface area contributed by atoms with Crippen molar-refractivity contribution in [3.8, 4) is 17.3 Å². The predicted molar refractivity (Wildman–Crippen MR) is 83.8 cm³/mol. The predicted octanol–water partition coefficient (Wildman–Crippen LogP) is 2.59. The topological polar surface area (TPSA) is 74.2 Å². The molecule has 116 valence electrons. The number of rotatable bonds is 7. The molecule has 0 fully saturated rings. The molecule has 0 aliphatic rings. The Morgan fingerprint density at radius 3 is 2.73 bits per heavy atom. The fourth-order valence-electron chi connectivity index (χ4n) is 1.66. The standard InChI is InChI=1S/C15H17N3O3S/c1-3-20-13-7-5-6-11(17-13)12-8-9-16-15(18-12)22-10-14(19)21-4-2/h5-9H,3-4,10H2,1-2H3. The number of esters is 1. The van der Waals surface area contributed by atoms with Gasteiger partial charge < -0.3 is 9.47 Å². The molecule has 0 amide bonds. The van der Waals surface area contributed by atoms with E-state index >= 15 is 0 Å². The third kappa shape index (κ3) is 4.70. The summed E-state index contributed by atoms with van der Waals surface area (Å²) in [5.41, 5.74) is 1.38. The van der Waals surface area contributed by atoms with Crippen LogP contribution in [0, 0.1) is 0 Å². The van der Waals surface area contributed by atoms with Crippen molar-refractivity contribution in [1.82, 2.24) is 15.0 Å². The van der Waals surface area contributed by atoms with Crippen LogP contribution in [-0.2, 0) is 9.53 Å². The molecule has 0 aliphatic heterocycles. The molecule has 0 aromatic carbocycles. The Hall–Kier alpha value is -2.15. The Bertz CT molecular complexity index is 637. The molecule has 2 heterocycles. The van der Waals surface area contributed by atoms with Crippen molar-refractivity contribution in [2.24, 2.45) is 0 Å². The van der Waals surface area contributed by atoms with Gasteiger partial charge in [0.15, 0.2) is 5.16 Å². The molecule has 0 radical (unpaired) electrons. The second kappa shape index (κ2) is 8.33. The van der Waals surface area contributed by atoms with E-state index in [1.54, 1.807) is 25.3 Å². The first-order valence-corrected chi connectivity index (χ1v) is 7.93. The average molecular weight is 319 g/mol. The van der Waals surface area contributed by atoms with E-state index in [-0.39, 0.29) is 11.7 Å². The summed E-state index contributed by atoms with van der Waals surface area (Å²) < 4.78 is 10.3. The van der Waals surface area contributed by atoms with Crippen LogP contribution in [0.3, 0.4) is 0 Å². The second-order valence-corrected chi connectivity index (χ2v) is 5.05. The second-order valence-electron chi connectivity index (χ2n) is 4.11. The molecule has 0 unspecified atom stereocenters. The largest absolute Gasteiger partial charge is 0.478 e. The minimum atomic E-state index is -0.280. The lowest BCUT2D eigenvalue weighted by atomic mass is 10.2. The Kier molecular flexibility index (Phi) is 6.14. The Morgan fingerprint density at radius 1 is 1.14 bits per heavy atom. The maximum atomic E-state index is 11.4. The average Bonchev–Trinajstić information content (AvgIpc) is 2.54. The van der Waals surface area contributed by atoms with Gasteiger partial charge in [0.1, 0.15) is 0 Å². The third-order valence-corrected chi connectivity index (χ3v) is 3.37. The van der Waals surface area contributed by atoms with Crippen LogP contribution in [0.25, 0.3) is 11.4 Å². The summed E-state index contributed by atoms with van der Waals surface area (Å²) in [5, 5.41) is 0.508. The monoisotopic (exact) mass is 319 g/mol. The van der Waals surface area contributed by atoms with E-state index in [1.807, 2.05) is 19.1 Å². The molecule has 7 heteroatoms. The fraction of sp³-hybridized carbons (Fsp3) is 0.333. The van der Waals surface area contributed by atoms with Crippen LogP contribution in [0.15, 0.2) is 35.6 Å². The van der Waals surface area contributed by atoms with Crippen LogP contribution in [-0.4, -0.2) is 39.9 Å². The number of carbonyl (C=O) groups excluding carboxylic acids is 1. The first kappa shape index (κ1) is 16.2. The van der Waals surface area contributed by atoms with Crippen LogP contribution in [0.1, 0.15) is 13.8 Å². The molecule has 0 spiro atoms. The minimum absolute atomic E-state index is 0.184. The van der Waals surface area contributed by atoms with Crippen molar-refractivity contribution in [3.63, 3.8) is 0 Å². The van der Waals surface area contributed by atoms with Gasteiger partial charge in [-0.1, -0.05) is 17.8 Å². The summed E-state index contributed by atoms with van der Waals surface area (Å²) in [4.78, 5) is 24.3. The van der Waals surface area contributed by atoms with Crippen molar-refractivity contribution in [3.05, 3.63) is 30.5 Å². The molecule has 0 saturated heterocycles.